The Bertz CT molecular complexity index is 1130. The molecule has 6 nitrogen and oxygen atoms in total. The van der Waals surface area contributed by atoms with Crippen LogP contribution in [0, 0.1) is 5.82 Å². The van der Waals surface area contributed by atoms with E-state index in [2.05, 4.69) is 5.32 Å². The summed E-state index contributed by atoms with van der Waals surface area (Å²) in [7, 11) is -0.776. The van der Waals surface area contributed by atoms with Gasteiger partial charge in [0.25, 0.3) is 0 Å². The van der Waals surface area contributed by atoms with Crippen LogP contribution in [0.4, 0.5) is 15.8 Å². The van der Waals surface area contributed by atoms with Crippen molar-refractivity contribution in [3.8, 4) is 11.4 Å². The molecule has 2 aromatic carbocycles. The Morgan fingerprint density at radius 1 is 1.23 bits per heavy atom. The van der Waals surface area contributed by atoms with Gasteiger partial charge in [-0.3, -0.25) is 0 Å². The number of hydrogen-bond acceptors (Lipinski definition) is 5. The van der Waals surface area contributed by atoms with Crippen LogP contribution in [0.3, 0.4) is 0 Å². The van der Waals surface area contributed by atoms with E-state index in [0.29, 0.717) is 18.2 Å². The van der Waals surface area contributed by atoms with Crippen LogP contribution < -0.4 is 10.2 Å². The fourth-order valence-corrected chi connectivity index (χ4v) is 4.08. The predicted molar refractivity (Wildman–Crippen MR) is 117 cm³/mol. The van der Waals surface area contributed by atoms with Crippen LogP contribution in [0.15, 0.2) is 54.9 Å². The Morgan fingerprint density at radius 2 is 2.00 bits per heavy atom. The third-order valence-electron chi connectivity index (χ3n) is 5.29. The molecule has 0 saturated heterocycles. The van der Waals surface area contributed by atoms with Crippen molar-refractivity contribution in [2.45, 2.75) is 25.3 Å². The Morgan fingerprint density at radius 3 is 2.73 bits per heavy atom. The number of benzene rings is 2. The summed E-state index contributed by atoms with van der Waals surface area (Å²) in [4.78, 5) is 1.69. The van der Waals surface area contributed by atoms with Crippen molar-refractivity contribution in [3.05, 3.63) is 71.8 Å². The summed E-state index contributed by atoms with van der Waals surface area (Å²) in [5.41, 5.74) is 3.85. The molecule has 0 amide bonds. The van der Waals surface area contributed by atoms with Crippen LogP contribution in [0.25, 0.3) is 5.69 Å². The van der Waals surface area contributed by atoms with E-state index < -0.39 is 16.5 Å². The fraction of sp³-hybridized carbons (Fsp3) is 0.273. The number of rotatable bonds is 8. The number of phenols is 1. The highest BCUT2D eigenvalue weighted by molar-refractivity contribution is 7.72. The van der Waals surface area contributed by atoms with Crippen LogP contribution in [-0.2, 0) is 17.2 Å². The second-order valence-electron chi connectivity index (χ2n) is 7.61. The number of nitrogens with zero attached hydrogens (tertiary/aromatic N) is 2. The molecule has 0 radical (unpaired) electrons. The molecule has 1 aromatic heterocycles. The number of phenolic OH excluding ortho intramolecular Hbond substituents is 1. The zero-order chi connectivity index (χ0) is 21.3. The number of para-hydroxylation sites is 1. The second-order valence-corrected chi connectivity index (χ2v) is 8.56. The van der Waals surface area contributed by atoms with Gasteiger partial charge in [-0.05, 0) is 54.2 Å². The molecular weight excluding hydrogens is 405 g/mol. The molecule has 0 atom stereocenters. The first kappa shape index (κ1) is 20.3. The van der Waals surface area contributed by atoms with Gasteiger partial charge in [-0.2, -0.15) is 0 Å². The Labute approximate surface area is 176 Å². The molecule has 3 aromatic rings. The van der Waals surface area contributed by atoms with Crippen molar-refractivity contribution in [1.29, 1.82) is 0 Å². The minimum Gasteiger partial charge on any atom is -0.505 e. The van der Waals surface area contributed by atoms with Crippen molar-refractivity contribution in [2.75, 3.05) is 23.1 Å². The highest BCUT2D eigenvalue weighted by Crippen LogP contribution is 2.42. The molecule has 1 saturated carbocycles. The zero-order valence-corrected chi connectivity index (χ0v) is 17.5. The van der Waals surface area contributed by atoms with Gasteiger partial charge in [0.2, 0.25) is 0 Å². The van der Waals surface area contributed by atoms with Gasteiger partial charge in [0.1, 0.15) is 5.88 Å². The third kappa shape index (κ3) is 4.43. The fourth-order valence-electron chi connectivity index (χ4n) is 3.59. The number of aromatic hydroxyl groups is 1. The smallest absolute Gasteiger partial charge is 0.188 e. The van der Waals surface area contributed by atoms with E-state index in [-0.39, 0.29) is 11.6 Å². The molecule has 158 valence electrons. The maximum absolute atomic E-state index is 14.5. The van der Waals surface area contributed by atoms with E-state index in [1.807, 2.05) is 30.3 Å². The van der Waals surface area contributed by atoms with E-state index in [1.165, 1.54) is 6.07 Å². The average molecular weight is 430 g/mol. The Kier molecular flexibility index (Phi) is 5.67. The Balaban J connectivity index is 1.52. The number of halogens is 1. The van der Waals surface area contributed by atoms with Crippen molar-refractivity contribution in [3.63, 3.8) is 0 Å². The van der Waals surface area contributed by atoms with Crippen molar-refractivity contribution in [1.82, 2.24) is 4.57 Å². The molecule has 0 aliphatic heterocycles. The molecule has 8 heteroatoms. The monoisotopic (exact) mass is 429 g/mol. The standard InChI is InChI=1S/C22H24FN3O3S/c1-25(14-30(28)29)19-5-3-2-4-16(19)12-24-18-8-9-26(13-18)20-10-17(15-6-7-15)11-21(27)22(20)23/h2-5,8-11,13,15,24,27,30H,6-7,12,14H2,1H3. The minimum absolute atomic E-state index is 0.0527. The molecule has 0 unspecified atom stereocenters. The van der Waals surface area contributed by atoms with Gasteiger partial charge in [0.15, 0.2) is 22.3 Å². The quantitative estimate of drug-likeness (QED) is 0.475. The normalized spacial score (nSPS) is 13.6. The van der Waals surface area contributed by atoms with Crippen LogP contribution in [-0.4, -0.2) is 31.0 Å². The summed E-state index contributed by atoms with van der Waals surface area (Å²) in [5.74, 6) is -0.615. The molecule has 30 heavy (non-hydrogen) atoms. The molecule has 1 aliphatic carbocycles. The van der Waals surface area contributed by atoms with Crippen molar-refractivity contribution >= 4 is 22.1 Å². The summed E-state index contributed by atoms with van der Waals surface area (Å²) in [6, 6.07) is 12.7. The van der Waals surface area contributed by atoms with E-state index >= 15 is 0 Å². The van der Waals surface area contributed by atoms with Crippen LogP contribution in [0.1, 0.15) is 29.9 Å². The second kappa shape index (κ2) is 8.39. The molecule has 0 spiro atoms. The highest BCUT2D eigenvalue weighted by atomic mass is 32.2. The molecule has 2 N–H and O–H groups in total. The molecule has 1 fully saturated rings. The highest BCUT2D eigenvalue weighted by Gasteiger charge is 2.26. The van der Waals surface area contributed by atoms with E-state index in [9.17, 15) is 17.9 Å². The molecule has 4 rings (SSSR count). The van der Waals surface area contributed by atoms with Gasteiger partial charge in [0, 0.05) is 31.7 Å². The summed E-state index contributed by atoms with van der Waals surface area (Å²) in [5, 5.41) is 13.3. The van der Waals surface area contributed by atoms with Crippen LogP contribution >= 0.6 is 0 Å². The van der Waals surface area contributed by atoms with Gasteiger partial charge >= 0.3 is 0 Å². The van der Waals surface area contributed by atoms with E-state index in [1.54, 1.807) is 35.0 Å². The maximum Gasteiger partial charge on any atom is 0.188 e. The predicted octanol–water partition coefficient (Wildman–Crippen LogP) is 3.82. The lowest BCUT2D eigenvalue weighted by atomic mass is 10.1. The SMILES string of the molecule is CN(C[SH](=O)=O)c1ccccc1CNc1ccn(-c2cc(C3CC3)cc(O)c2F)c1. The minimum atomic E-state index is -2.51. The first-order valence-electron chi connectivity index (χ1n) is 9.78. The molecule has 0 bridgehead atoms. The lowest BCUT2D eigenvalue weighted by Gasteiger charge is -2.20. The summed E-state index contributed by atoms with van der Waals surface area (Å²) in [6.45, 7) is 0.482. The third-order valence-corrected chi connectivity index (χ3v) is 5.94. The maximum atomic E-state index is 14.5. The Hall–Kier alpha value is -3.00. The number of aromatic nitrogens is 1. The summed E-state index contributed by atoms with van der Waals surface area (Å²) in [6.07, 6.45) is 5.65. The van der Waals surface area contributed by atoms with Gasteiger partial charge in [0.05, 0.1) is 11.4 Å². The lowest BCUT2D eigenvalue weighted by Crippen LogP contribution is -2.21. The van der Waals surface area contributed by atoms with Gasteiger partial charge in [-0.15, -0.1) is 0 Å². The van der Waals surface area contributed by atoms with Gasteiger partial charge < -0.3 is 19.9 Å². The first-order valence-corrected chi connectivity index (χ1v) is 11.1. The molecular formula is C22H24FN3O3S. The number of nitrogens with one attached hydrogen (secondary N) is 1. The zero-order valence-electron chi connectivity index (χ0n) is 16.6. The largest absolute Gasteiger partial charge is 0.505 e. The average Bonchev–Trinajstić information content (AvgIpc) is 3.46. The number of anilines is 2. The van der Waals surface area contributed by atoms with Crippen molar-refractivity contribution < 1.29 is 17.9 Å². The first-order chi connectivity index (χ1) is 14.4. The van der Waals surface area contributed by atoms with Crippen LogP contribution in [0.5, 0.6) is 5.75 Å². The molecule has 1 aliphatic rings. The van der Waals surface area contributed by atoms with E-state index in [4.69, 9.17) is 0 Å². The van der Waals surface area contributed by atoms with Crippen LogP contribution in [0.2, 0.25) is 0 Å². The van der Waals surface area contributed by atoms with Crippen molar-refractivity contribution in [2.24, 2.45) is 0 Å². The molecule has 1 heterocycles. The number of thiol groups is 1. The van der Waals surface area contributed by atoms with Gasteiger partial charge in [-0.1, -0.05) is 18.2 Å². The summed E-state index contributed by atoms with van der Waals surface area (Å²) < 4.78 is 38.3. The number of hydrogen-bond donors (Lipinski definition) is 3. The van der Waals surface area contributed by atoms with E-state index in [0.717, 1.165) is 35.3 Å². The lowest BCUT2D eigenvalue weighted by molar-refractivity contribution is 0.430. The topological polar surface area (TPSA) is 74.6 Å². The summed E-state index contributed by atoms with van der Waals surface area (Å²) >= 11 is 0. The van der Waals surface area contributed by atoms with Gasteiger partial charge in [-0.25, -0.2) is 12.8 Å².